The molecule has 0 aliphatic rings. The summed E-state index contributed by atoms with van der Waals surface area (Å²) in [4.78, 5) is 4.31. The van der Waals surface area contributed by atoms with Crippen LogP contribution in [0.25, 0.3) is 21.9 Å². The molecule has 0 bridgehead atoms. The van der Waals surface area contributed by atoms with Crippen molar-refractivity contribution in [3.63, 3.8) is 0 Å². The van der Waals surface area contributed by atoms with E-state index in [4.69, 9.17) is 4.42 Å². The van der Waals surface area contributed by atoms with Gasteiger partial charge in [-0.3, -0.25) is 0 Å². The maximum absolute atomic E-state index is 5.56. The summed E-state index contributed by atoms with van der Waals surface area (Å²) in [6, 6.07) is 22.3. The fourth-order valence-electron chi connectivity index (χ4n) is 2.44. The molecule has 1 aromatic heterocycles. The van der Waals surface area contributed by atoms with E-state index in [1.807, 2.05) is 48.5 Å². The fraction of sp³-hybridized carbons (Fsp3) is 0. The predicted molar refractivity (Wildman–Crippen MR) is 89.2 cm³/mol. The van der Waals surface area contributed by atoms with Crippen LogP contribution < -0.4 is 5.43 Å². The van der Waals surface area contributed by atoms with E-state index in [-0.39, 0.29) is 0 Å². The SMILES string of the molecule is C(=N/Nc1nc2ccccc2o1)/c1cccc2ccccc12. The van der Waals surface area contributed by atoms with Crippen molar-refractivity contribution in [1.82, 2.24) is 4.98 Å². The van der Waals surface area contributed by atoms with Crippen molar-refractivity contribution in [3.05, 3.63) is 72.3 Å². The van der Waals surface area contributed by atoms with Crippen molar-refractivity contribution in [1.29, 1.82) is 0 Å². The van der Waals surface area contributed by atoms with E-state index in [1.165, 1.54) is 5.39 Å². The zero-order valence-electron chi connectivity index (χ0n) is 11.7. The third-order valence-corrected chi connectivity index (χ3v) is 3.48. The summed E-state index contributed by atoms with van der Waals surface area (Å²) in [6.45, 7) is 0. The summed E-state index contributed by atoms with van der Waals surface area (Å²) in [6.07, 6.45) is 1.78. The van der Waals surface area contributed by atoms with Crippen LogP contribution >= 0.6 is 0 Å². The number of fused-ring (bicyclic) bond motifs is 2. The Kier molecular flexibility index (Phi) is 3.05. The zero-order valence-corrected chi connectivity index (χ0v) is 11.7. The first-order valence-corrected chi connectivity index (χ1v) is 7.02. The summed E-state index contributed by atoms with van der Waals surface area (Å²) in [5, 5.41) is 6.57. The van der Waals surface area contributed by atoms with Gasteiger partial charge in [-0.05, 0) is 22.9 Å². The average molecular weight is 287 g/mol. The summed E-state index contributed by atoms with van der Waals surface area (Å²) < 4.78 is 5.56. The zero-order chi connectivity index (χ0) is 14.8. The van der Waals surface area contributed by atoms with Crippen molar-refractivity contribution in [2.45, 2.75) is 0 Å². The minimum absolute atomic E-state index is 0.387. The highest BCUT2D eigenvalue weighted by Crippen LogP contribution is 2.19. The number of anilines is 1. The fourth-order valence-corrected chi connectivity index (χ4v) is 2.44. The van der Waals surface area contributed by atoms with Gasteiger partial charge in [0.15, 0.2) is 5.58 Å². The van der Waals surface area contributed by atoms with Gasteiger partial charge in [-0.25, -0.2) is 5.43 Å². The second-order valence-corrected chi connectivity index (χ2v) is 4.93. The molecule has 0 radical (unpaired) electrons. The summed E-state index contributed by atoms with van der Waals surface area (Å²) in [7, 11) is 0. The lowest BCUT2D eigenvalue weighted by Crippen LogP contribution is -1.91. The van der Waals surface area contributed by atoms with Gasteiger partial charge in [0.1, 0.15) is 5.52 Å². The number of hydrogen-bond donors (Lipinski definition) is 1. The smallest absolute Gasteiger partial charge is 0.316 e. The van der Waals surface area contributed by atoms with Crippen LogP contribution in [0.3, 0.4) is 0 Å². The van der Waals surface area contributed by atoms with E-state index in [9.17, 15) is 0 Å². The number of oxazole rings is 1. The third-order valence-electron chi connectivity index (χ3n) is 3.48. The van der Waals surface area contributed by atoms with E-state index in [1.54, 1.807) is 6.21 Å². The van der Waals surface area contributed by atoms with Gasteiger partial charge in [-0.15, -0.1) is 0 Å². The molecule has 4 nitrogen and oxygen atoms in total. The number of nitrogens with zero attached hydrogens (tertiary/aromatic N) is 2. The third kappa shape index (κ3) is 2.31. The van der Waals surface area contributed by atoms with Crippen molar-refractivity contribution < 1.29 is 4.42 Å². The highest BCUT2D eigenvalue weighted by atomic mass is 16.4. The molecule has 0 unspecified atom stereocenters. The normalized spacial score (nSPS) is 11.5. The molecule has 0 atom stereocenters. The Morgan fingerprint density at radius 3 is 2.68 bits per heavy atom. The number of benzene rings is 3. The molecule has 0 aliphatic heterocycles. The van der Waals surface area contributed by atoms with Crippen LogP contribution in [0, 0.1) is 0 Å². The monoisotopic (exact) mass is 287 g/mol. The molecule has 3 aromatic carbocycles. The van der Waals surface area contributed by atoms with Crippen LogP contribution in [0.2, 0.25) is 0 Å². The molecule has 1 N–H and O–H groups in total. The van der Waals surface area contributed by atoms with Gasteiger partial charge in [0.2, 0.25) is 0 Å². The number of para-hydroxylation sites is 2. The van der Waals surface area contributed by atoms with Gasteiger partial charge < -0.3 is 4.42 Å². The number of aromatic nitrogens is 1. The van der Waals surface area contributed by atoms with Crippen molar-refractivity contribution in [3.8, 4) is 0 Å². The lowest BCUT2D eigenvalue weighted by molar-refractivity contribution is 0.617. The van der Waals surface area contributed by atoms with E-state index in [0.29, 0.717) is 6.01 Å². The largest absolute Gasteiger partial charge is 0.422 e. The van der Waals surface area contributed by atoms with Gasteiger partial charge in [-0.2, -0.15) is 10.1 Å². The van der Waals surface area contributed by atoms with Gasteiger partial charge >= 0.3 is 6.01 Å². The van der Waals surface area contributed by atoms with Crippen LogP contribution in [0.5, 0.6) is 0 Å². The molecule has 0 amide bonds. The summed E-state index contributed by atoms with van der Waals surface area (Å²) in [5.74, 6) is 0. The second-order valence-electron chi connectivity index (χ2n) is 4.93. The lowest BCUT2D eigenvalue weighted by Gasteiger charge is -2.00. The van der Waals surface area contributed by atoms with Crippen LogP contribution in [0.15, 0.2) is 76.2 Å². The number of hydrogen-bond acceptors (Lipinski definition) is 4. The maximum atomic E-state index is 5.56. The molecule has 22 heavy (non-hydrogen) atoms. The molecule has 0 aliphatic carbocycles. The standard InChI is InChI=1S/C18H13N3O/c1-2-9-15-13(6-1)7-5-8-14(15)12-19-21-18-20-16-10-3-4-11-17(16)22-18/h1-12H,(H,20,21)/b19-12-. The first-order chi connectivity index (χ1) is 10.9. The average Bonchev–Trinajstić information content (AvgIpc) is 2.98. The molecule has 4 rings (SSSR count). The Balaban J connectivity index is 1.61. The maximum Gasteiger partial charge on any atom is 0.316 e. The molecule has 1 heterocycles. The quantitative estimate of drug-likeness (QED) is 0.448. The Morgan fingerprint density at radius 1 is 0.909 bits per heavy atom. The summed E-state index contributed by atoms with van der Waals surface area (Å²) >= 11 is 0. The molecule has 4 aromatic rings. The van der Waals surface area contributed by atoms with Crippen LogP contribution in [-0.4, -0.2) is 11.2 Å². The van der Waals surface area contributed by atoms with Gasteiger partial charge in [0, 0.05) is 5.56 Å². The van der Waals surface area contributed by atoms with E-state index in [0.717, 1.165) is 22.0 Å². The van der Waals surface area contributed by atoms with Crippen LogP contribution in [-0.2, 0) is 0 Å². The predicted octanol–water partition coefficient (Wildman–Crippen LogP) is 4.43. The van der Waals surface area contributed by atoms with Gasteiger partial charge in [0.05, 0.1) is 6.21 Å². The van der Waals surface area contributed by atoms with Gasteiger partial charge in [0.25, 0.3) is 0 Å². The van der Waals surface area contributed by atoms with E-state index in [2.05, 4.69) is 33.7 Å². The molecule has 106 valence electrons. The van der Waals surface area contributed by atoms with Crippen LogP contribution in [0.4, 0.5) is 6.01 Å². The number of rotatable bonds is 3. The first-order valence-electron chi connectivity index (χ1n) is 7.02. The minimum Gasteiger partial charge on any atom is -0.422 e. The van der Waals surface area contributed by atoms with Crippen LogP contribution in [0.1, 0.15) is 5.56 Å². The Bertz CT molecular complexity index is 934. The molecular weight excluding hydrogens is 274 g/mol. The number of nitrogens with one attached hydrogen (secondary N) is 1. The van der Waals surface area contributed by atoms with E-state index >= 15 is 0 Å². The highest BCUT2D eigenvalue weighted by molar-refractivity contribution is 5.99. The first kappa shape index (κ1) is 12.6. The Hall–Kier alpha value is -3.14. The molecule has 0 fully saturated rings. The highest BCUT2D eigenvalue weighted by Gasteiger charge is 2.03. The molecule has 0 saturated heterocycles. The topological polar surface area (TPSA) is 50.4 Å². The van der Waals surface area contributed by atoms with Crippen molar-refractivity contribution in [2.24, 2.45) is 5.10 Å². The molecule has 4 heteroatoms. The molecule has 0 spiro atoms. The second kappa shape index (κ2) is 5.33. The minimum atomic E-state index is 0.387. The summed E-state index contributed by atoms with van der Waals surface area (Å²) in [5.41, 5.74) is 5.43. The molecular formula is C18H13N3O. The van der Waals surface area contributed by atoms with Gasteiger partial charge in [-0.1, -0.05) is 54.6 Å². The lowest BCUT2D eigenvalue weighted by atomic mass is 10.1. The van der Waals surface area contributed by atoms with E-state index < -0.39 is 0 Å². The Labute approximate surface area is 127 Å². The number of hydrazone groups is 1. The van der Waals surface area contributed by atoms with Crippen molar-refractivity contribution >= 4 is 34.1 Å². The van der Waals surface area contributed by atoms with Crippen molar-refractivity contribution in [2.75, 3.05) is 5.43 Å². The molecule has 0 saturated carbocycles. The Morgan fingerprint density at radius 2 is 1.73 bits per heavy atom.